The summed E-state index contributed by atoms with van der Waals surface area (Å²) in [6, 6.07) is 11.2. The van der Waals surface area contributed by atoms with Crippen LogP contribution in [0.4, 0.5) is 0 Å². The molecule has 1 heterocycles. The number of phenols is 1. The van der Waals surface area contributed by atoms with E-state index in [1.54, 1.807) is 6.07 Å². The largest absolute Gasteiger partial charge is 0.505 e. The van der Waals surface area contributed by atoms with E-state index in [0.717, 1.165) is 47.8 Å². The van der Waals surface area contributed by atoms with Gasteiger partial charge in [-0.2, -0.15) is 0 Å². The second-order valence-corrected chi connectivity index (χ2v) is 7.11. The fraction of sp³-hybridized carbons (Fsp3) is 0.350. The van der Waals surface area contributed by atoms with Gasteiger partial charge < -0.3 is 5.11 Å². The number of fused-ring (bicyclic) bond motifs is 1. The highest BCUT2D eigenvalue weighted by atomic mass is 16.3. The second kappa shape index (κ2) is 7.36. The molecule has 0 aliphatic heterocycles. The number of carbonyl (C=O) groups is 1. The zero-order valence-electron chi connectivity index (χ0n) is 15.1. The van der Waals surface area contributed by atoms with Crippen LogP contribution in [-0.4, -0.2) is 26.0 Å². The summed E-state index contributed by atoms with van der Waals surface area (Å²) < 4.78 is 0. The quantitative estimate of drug-likeness (QED) is 0.374. The van der Waals surface area contributed by atoms with E-state index in [9.17, 15) is 9.90 Å². The molecule has 0 unspecified atom stereocenters. The lowest BCUT2D eigenvalue weighted by molar-refractivity contribution is -0.120. The first-order valence-electron chi connectivity index (χ1n) is 9.33. The Morgan fingerprint density at radius 3 is 2.44 bits per heavy atom. The average molecular weight is 365 g/mol. The van der Waals surface area contributed by atoms with Crippen molar-refractivity contribution in [3.05, 3.63) is 47.5 Å². The zero-order chi connectivity index (χ0) is 18.8. The van der Waals surface area contributed by atoms with Crippen molar-refractivity contribution in [2.75, 3.05) is 0 Å². The minimum Gasteiger partial charge on any atom is -0.505 e. The third-order valence-electron chi connectivity index (χ3n) is 5.25. The van der Waals surface area contributed by atoms with Gasteiger partial charge in [0.05, 0.1) is 6.42 Å². The Labute approximate surface area is 157 Å². The Bertz CT molecular complexity index is 943. The normalized spacial score (nSPS) is 15.1. The molecule has 1 fully saturated rings. The van der Waals surface area contributed by atoms with Gasteiger partial charge in [-0.3, -0.25) is 10.2 Å². The Kier molecular flexibility index (Phi) is 4.77. The van der Waals surface area contributed by atoms with E-state index >= 15 is 0 Å². The fourth-order valence-corrected chi connectivity index (χ4v) is 3.88. The van der Waals surface area contributed by atoms with E-state index in [4.69, 9.17) is 5.84 Å². The predicted octanol–water partition coefficient (Wildman–Crippen LogP) is 2.71. The number of rotatable bonds is 4. The van der Waals surface area contributed by atoms with Crippen LogP contribution in [0.25, 0.3) is 16.7 Å². The van der Waals surface area contributed by atoms with E-state index < -0.39 is 0 Å². The summed E-state index contributed by atoms with van der Waals surface area (Å²) in [5.41, 5.74) is 5.82. The van der Waals surface area contributed by atoms with Crippen LogP contribution < -0.4 is 11.3 Å². The summed E-state index contributed by atoms with van der Waals surface area (Å²) >= 11 is 0. The van der Waals surface area contributed by atoms with Gasteiger partial charge in [-0.05, 0) is 48.1 Å². The van der Waals surface area contributed by atoms with Crippen molar-refractivity contribution in [1.29, 1.82) is 0 Å². The fourth-order valence-electron chi connectivity index (χ4n) is 3.88. The molecule has 0 atom stereocenters. The van der Waals surface area contributed by atoms with Crippen LogP contribution >= 0.6 is 0 Å². The molecule has 0 saturated heterocycles. The van der Waals surface area contributed by atoms with Crippen LogP contribution in [0.15, 0.2) is 36.4 Å². The van der Waals surface area contributed by atoms with Gasteiger partial charge in [-0.1, -0.05) is 37.5 Å². The molecule has 0 bridgehead atoms. The van der Waals surface area contributed by atoms with Gasteiger partial charge in [0.1, 0.15) is 22.5 Å². The van der Waals surface area contributed by atoms with Crippen molar-refractivity contribution in [3.8, 4) is 11.4 Å². The third-order valence-corrected chi connectivity index (χ3v) is 5.25. The van der Waals surface area contributed by atoms with Crippen LogP contribution in [-0.2, 0) is 11.2 Å². The number of hydrogen-bond donors (Lipinski definition) is 3. The molecule has 0 radical (unpaired) electrons. The SMILES string of the molecule is NNC(=O)Cc1cc(C2CCCCC2)c(O)c(-n2nc3ccccc3n2)c1. The van der Waals surface area contributed by atoms with Gasteiger partial charge in [0, 0.05) is 0 Å². The number of nitrogens with two attached hydrogens (primary N) is 1. The van der Waals surface area contributed by atoms with Gasteiger partial charge in [0.25, 0.3) is 0 Å². The molecule has 1 aromatic heterocycles. The van der Waals surface area contributed by atoms with Gasteiger partial charge in [-0.25, -0.2) is 5.84 Å². The first-order valence-corrected chi connectivity index (χ1v) is 9.33. The molecule has 27 heavy (non-hydrogen) atoms. The monoisotopic (exact) mass is 365 g/mol. The maximum Gasteiger partial charge on any atom is 0.238 e. The summed E-state index contributed by atoms with van der Waals surface area (Å²) in [5, 5.41) is 20.0. The molecule has 1 aliphatic rings. The maximum absolute atomic E-state index is 11.8. The molecule has 4 N–H and O–H groups in total. The molecule has 7 nitrogen and oxygen atoms in total. The van der Waals surface area contributed by atoms with Crippen LogP contribution in [0.3, 0.4) is 0 Å². The summed E-state index contributed by atoms with van der Waals surface area (Å²) in [5.74, 6) is 5.45. The number of hydrazine groups is 1. The topological polar surface area (TPSA) is 106 Å². The van der Waals surface area contributed by atoms with E-state index in [-0.39, 0.29) is 24.0 Å². The van der Waals surface area contributed by atoms with Crippen molar-refractivity contribution in [3.63, 3.8) is 0 Å². The van der Waals surface area contributed by atoms with E-state index in [1.165, 1.54) is 11.2 Å². The summed E-state index contributed by atoms with van der Waals surface area (Å²) in [6.45, 7) is 0. The predicted molar refractivity (Wildman–Crippen MR) is 102 cm³/mol. The Balaban J connectivity index is 1.82. The van der Waals surface area contributed by atoms with Crippen LogP contribution in [0.2, 0.25) is 0 Å². The van der Waals surface area contributed by atoms with E-state index in [1.807, 2.05) is 30.3 Å². The number of carbonyl (C=O) groups excluding carboxylic acids is 1. The molecule has 7 heteroatoms. The average Bonchev–Trinajstić information content (AvgIpc) is 3.13. The minimum atomic E-state index is -0.278. The molecular formula is C20H23N5O2. The van der Waals surface area contributed by atoms with Crippen molar-refractivity contribution < 1.29 is 9.90 Å². The molecule has 3 aromatic rings. The highest BCUT2D eigenvalue weighted by Gasteiger charge is 2.23. The number of nitrogens with one attached hydrogen (secondary N) is 1. The number of hydrogen-bond acceptors (Lipinski definition) is 5. The maximum atomic E-state index is 11.8. The van der Waals surface area contributed by atoms with Crippen molar-refractivity contribution in [1.82, 2.24) is 20.4 Å². The molecule has 140 valence electrons. The first-order chi connectivity index (χ1) is 13.2. The number of phenolic OH excluding ortho intramolecular Hbond substituents is 1. The Hall–Kier alpha value is -2.93. The lowest BCUT2D eigenvalue weighted by Crippen LogP contribution is -2.31. The highest BCUT2D eigenvalue weighted by molar-refractivity contribution is 5.78. The Morgan fingerprint density at radius 2 is 1.81 bits per heavy atom. The van der Waals surface area contributed by atoms with Crippen molar-refractivity contribution in [2.24, 2.45) is 5.84 Å². The molecule has 1 aliphatic carbocycles. The highest BCUT2D eigenvalue weighted by Crippen LogP contribution is 2.40. The Morgan fingerprint density at radius 1 is 1.15 bits per heavy atom. The second-order valence-electron chi connectivity index (χ2n) is 7.11. The molecular weight excluding hydrogens is 342 g/mol. The van der Waals surface area contributed by atoms with Crippen LogP contribution in [0, 0.1) is 0 Å². The summed E-state index contributed by atoms with van der Waals surface area (Å²) in [7, 11) is 0. The standard InChI is InChI=1S/C20H23N5O2/c21-22-19(26)12-13-10-15(14-6-2-1-3-7-14)20(27)18(11-13)25-23-16-8-4-5-9-17(16)24-25/h4-5,8-11,14,27H,1-3,6-7,12,21H2,(H,22,26). The number of nitrogens with zero attached hydrogens (tertiary/aromatic N) is 3. The third kappa shape index (κ3) is 3.50. The number of aromatic hydroxyl groups is 1. The molecule has 0 spiro atoms. The van der Waals surface area contributed by atoms with Crippen molar-refractivity contribution in [2.45, 2.75) is 44.4 Å². The molecule has 4 rings (SSSR count). The number of amides is 1. The van der Waals surface area contributed by atoms with Gasteiger partial charge in [0.15, 0.2) is 0 Å². The van der Waals surface area contributed by atoms with Crippen LogP contribution in [0.1, 0.15) is 49.1 Å². The number of aromatic nitrogens is 3. The smallest absolute Gasteiger partial charge is 0.238 e. The van der Waals surface area contributed by atoms with Gasteiger partial charge >= 0.3 is 0 Å². The van der Waals surface area contributed by atoms with Crippen molar-refractivity contribution >= 4 is 16.9 Å². The zero-order valence-corrected chi connectivity index (χ0v) is 15.1. The molecule has 1 amide bonds. The summed E-state index contributed by atoms with van der Waals surface area (Å²) in [4.78, 5) is 13.3. The van der Waals surface area contributed by atoms with E-state index in [0.29, 0.717) is 5.69 Å². The van der Waals surface area contributed by atoms with E-state index in [2.05, 4.69) is 15.6 Å². The summed E-state index contributed by atoms with van der Waals surface area (Å²) in [6.07, 6.45) is 5.74. The first kappa shape index (κ1) is 17.5. The lowest BCUT2D eigenvalue weighted by atomic mass is 9.82. The number of benzene rings is 2. The van der Waals surface area contributed by atoms with Crippen LogP contribution in [0.5, 0.6) is 5.75 Å². The molecule has 2 aromatic carbocycles. The minimum absolute atomic E-state index is 0.143. The van der Waals surface area contributed by atoms with Gasteiger partial charge in [-0.15, -0.1) is 15.0 Å². The van der Waals surface area contributed by atoms with Gasteiger partial charge in [0.2, 0.25) is 5.91 Å². The lowest BCUT2D eigenvalue weighted by Gasteiger charge is -2.24. The molecule has 1 saturated carbocycles.